The maximum absolute atomic E-state index is 2.39. The van der Waals surface area contributed by atoms with Gasteiger partial charge >= 0.3 is 0 Å². The van der Waals surface area contributed by atoms with Crippen molar-refractivity contribution in [1.29, 1.82) is 0 Å². The molecule has 0 radical (unpaired) electrons. The van der Waals surface area contributed by atoms with Gasteiger partial charge in [-0.3, -0.25) is 0 Å². The van der Waals surface area contributed by atoms with Crippen molar-refractivity contribution in [2.45, 2.75) is 27.7 Å². The van der Waals surface area contributed by atoms with Crippen LogP contribution in [0.15, 0.2) is 146 Å². The molecule has 1 aliphatic rings. The summed E-state index contributed by atoms with van der Waals surface area (Å²) in [7, 11) is 0. The van der Waals surface area contributed by atoms with Gasteiger partial charge in [0.25, 0.3) is 0 Å². The van der Waals surface area contributed by atoms with E-state index in [-0.39, 0.29) is 0 Å². The summed E-state index contributed by atoms with van der Waals surface area (Å²) in [6, 6.07) is 53.9. The topological polar surface area (TPSA) is 0 Å². The predicted molar refractivity (Wildman–Crippen MR) is 201 cm³/mol. The summed E-state index contributed by atoms with van der Waals surface area (Å²) >= 11 is 0. The van der Waals surface area contributed by atoms with Crippen LogP contribution in [0.5, 0.6) is 0 Å². The van der Waals surface area contributed by atoms with Crippen LogP contribution in [0.3, 0.4) is 0 Å². The van der Waals surface area contributed by atoms with Crippen molar-refractivity contribution in [3.63, 3.8) is 0 Å². The fraction of sp³-hybridized carbons (Fsp3) is 0.0870. The first-order valence-electron chi connectivity index (χ1n) is 16.5. The monoisotopic (exact) mass is 588 g/mol. The second-order valence-corrected chi connectivity index (χ2v) is 12.1. The van der Waals surface area contributed by atoms with Crippen LogP contribution in [0.25, 0.3) is 88.0 Å². The molecule has 220 valence electrons. The summed E-state index contributed by atoms with van der Waals surface area (Å²) in [6.45, 7) is 8.48. The van der Waals surface area contributed by atoms with Crippen LogP contribution in [0, 0.1) is 13.8 Å². The van der Waals surface area contributed by atoms with Gasteiger partial charge in [0, 0.05) is 0 Å². The summed E-state index contributed by atoms with van der Waals surface area (Å²) in [4.78, 5) is 0. The highest BCUT2D eigenvalue weighted by Crippen LogP contribution is 2.59. The van der Waals surface area contributed by atoms with Gasteiger partial charge < -0.3 is 0 Å². The SMILES string of the molecule is CC.Cc1ccccc1-c1c2c(c(-c3ccccc3C)c3ccccc13)-c1ccc(-c3ccc4ccccc4c3)c3cccc-2c13. The Morgan fingerprint density at radius 2 is 0.804 bits per heavy atom. The Morgan fingerprint density at radius 3 is 1.43 bits per heavy atom. The molecule has 0 aromatic heterocycles. The van der Waals surface area contributed by atoms with Crippen molar-refractivity contribution in [2.24, 2.45) is 0 Å². The van der Waals surface area contributed by atoms with Crippen LogP contribution < -0.4 is 0 Å². The predicted octanol–water partition coefficient (Wildman–Crippen LogP) is 13.4. The maximum Gasteiger partial charge on any atom is -0.000731 e. The lowest BCUT2D eigenvalue weighted by Gasteiger charge is -2.22. The quantitative estimate of drug-likeness (QED) is 0.193. The molecule has 0 heterocycles. The van der Waals surface area contributed by atoms with Gasteiger partial charge in [-0.25, -0.2) is 0 Å². The van der Waals surface area contributed by atoms with Gasteiger partial charge in [0.05, 0.1) is 0 Å². The fourth-order valence-electron chi connectivity index (χ4n) is 7.68. The highest BCUT2D eigenvalue weighted by Gasteiger charge is 2.31. The first kappa shape index (κ1) is 28.0. The summed E-state index contributed by atoms with van der Waals surface area (Å²) in [5.74, 6) is 0. The Hall–Kier alpha value is -5.46. The minimum Gasteiger partial charge on any atom is -0.0683 e. The van der Waals surface area contributed by atoms with Crippen LogP contribution in [-0.4, -0.2) is 0 Å². The van der Waals surface area contributed by atoms with Crippen LogP contribution >= 0.6 is 0 Å². The van der Waals surface area contributed by atoms with Crippen LogP contribution in [-0.2, 0) is 0 Å². The molecule has 0 fully saturated rings. The number of aryl methyl sites for hydroxylation is 2. The molecular formula is C46H36. The lowest BCUT2D eigenvalue weighted by atomic mass is 9.81. The average molecular weight is 589 g/mol. The Labute approximate surface area is 271 Å². The van der Waals surface area contributed by atoms with E-state index in [1.165, 1.54) is 99.1 Å². The van der Waals surface area contributed by atoms with E-state index in [1.54, 1.807) is 0 Å². The van der Waals surface area contributed by atoms with E-state index in [1.807, 2.05) is 13.8 Å². The third-order valence-electron chi connectivity index (χ3n) is 9.68. The van der Waals surface area contributed by atoms with Gasteiger partial charge in [-0.15, -0.1) is 0 Å². The van der Waals surface area contributed by atoms with Gasteiger partial charge in [-0.1, -0.05) is 153 Å². The molecule has 0 nitrogen and oxygen atoms in total. The number of benzene rings is 8. The van der Waals surface area contributed by atoms with Crippen LogP contribution in [0.2, 0.25) is 0 Å². The highest BCUT2D eigenvalue weighted by molar-refractivity contribution is 6.29. The lowest BCUT2D eigenvalue weighted by molar-refractivity contribution is 1.46. The van der Waals surface area contributed by atoms with E-state index in [9.17, 15) is 0 Å². The molecule has 0 N–H and O–H groups in total. The fourth-order valence-corrected chi connectivity index (χ4v) is 7.68. The molecule has 0 aliphatic heterocycles. The summed E-state index contributed by atoms with van der Waals surface area (Å²) in [5.41, 5.74) is 15.8. The van der Waals surface area contributed by atoms with Gasteiger partial charge in [-0.05, 0) is 119 Å². The zero-order valence-electron chi connectivity index (χ0n) is 26.9. The Kier molecular flexibility index (Phi) is 6.80. The van der Waals surface area contributed by atoms with E-state index in [2.05, 4.69) is 159 Å². The Morgan fingerprint density at radius 1 is 0.326 bits per heavy atom. The highest BCUT2D eigenvalue weighted by atomic mass is 14.3. The molecule has 0 spiro atoms. The maximum atomic E-state index is 2.39. The molecule has 0 atom stereocenters. The van der Waals surface area contributed by atoms with Crippen molar-refractivity contribution in [3.05, 3.63) is 157 Å². The smallest absolute Gasteiger partial charge is 0.000731 e. The number of rotatable bonds is 3. The molecule has 8 aromatic rings. The van der Waals surface area contributed by atoms with Crippen LogP contribution in [0.1, 0.15) is 25.0 Å². The van der Waals surface area contributed by atoms with Gasteiger partial charge in [0.2, 0.25) is 0 Å². The Bertz CT molecular complexity index is 2360. The molecule has 0 saturated heterocycles. The molecule has 0 unspecified atom stereocenters. The largest absolute Gasteiger partial charge is 0.0683 e. The van der Waals surface area contributed by atoms with Crippen molar-refractivity contribution in [2.75, 3.05) is 0 Å². The molecule has 1 aliphatic carbocycles. The second kappa shape index (κ2) is 11.2. The zero-order valence-corrected chi connectivity index (χ0v) is 26.9. The molecule has 9 rings (SSSR count). The number of hydrogen-bond acceptors (Lipinski definition) is 0. The second-order valence-electron chi connectivity index (χ2n) is 12.1. The van der Waals surface area contributed by atoms with Gasteiger partial charge in [-0.2, -0.15) is 0 Å². The first-order chi connectivity index (χ1) is 22.7. The van der Waals surface area contributed by atoms with E-state index >= 15 is 0 Å². The standard InChI is InChI=1S/C44H30.C2H6/c1-27-12-3-7-16-32(27)41-36-18-9-10-19-37(36)42(33-17-8-4-13-28(33)2)44-39-25-24-34(35-20-11-21-38(40(35)39)43(41)44)31-23-22-29-14-5-6-15-30(29)26-31;1-2/h3-26H,1-2H3;1-2H3. The van der Waals surface area contributed by atoms with Crippen molar-refractivity contribution in [1.82, 2.24) is 0 Å². The van der Waals surface area contributed by atoms with Crippen molar-refractivity contribution in [3.8, 4) is 55.6 Å². The minimum atomic E-state index is 1.26. The Balaban J connectivity index is 0.00000153. The number of hydrogen-bond donors (Lipinski definition) is 0. The molecule has 0 saturated carbocycles. The summed E-state index contributed by atoms with van der Waals surface area (Å²) in [6.07, 6.45) is 0. The molecular weight excluding hydrogens is 553 g/mol. The zero-order chi connectivity index (χ0) is 31.4. The van der Waals surface area contributed by atoms with Gasteiger partial charge in [0.15, 0.2) is 0 Å². The first-order valence-corrected chi connectivity index (χ1v) is 16.5. The average Bonchev–Trinajstić information content (AvgIpc) is 3.44. The number of fused-ring (bicyclic) bond motifs is 5. The molecule has 8 aromatic carbocycles. The minimum absolute atomic E-state index is 1.26. The normalized spacial score (nSPS) is 11.5. The van der Waals surface area contributed by atoms with Crippen molar-refractivity contribution >= 4 is 32.3 Å². The molecule has 0 bridgehead atoms. The van der Waals surface area contributed by atoms with E-state index in [4.69, 9.17) is 0 Å². The summed E-state index contributed by atoms with van der Waals surface area (Å²) in [5, 5.41) is 7.81. The third kappa shape index (κ3) is 4.14. The van der Waals surface area contributed by atoms with Crippen molar-refractivity contribution < 1.29 is 0 Å². The third-order valence-corrected chi connectivity index (χ3v) is 9.68. The molecule has 0 heteroatoms. The summed E-state index contributed by atoms with van der Waals surface area (Å²) < 4.78 is 0. The van der Waals surface area contributed by atoms with Gasteiger partial charge in [0.1, 0.15) is 0 Å². The lowest BCUT2D eigenvalue weighted by Crippen LogP contribution is -1.95. The van der Waals surface area contributed by atoms with E-state index in [0.29, 0.717) is 0 Å². The van der Waals surface area contributed by atoms with E-state index < -0.39 is 0 Å². The van der Waals surface area contributed by atoms with Crippen LogP contribution in [0.4, 0.5) is 0 Å². The van der Waals surface area contributed by atoms with E-state index in [0.717, 1.165) is 0 Å². The molecule has 0 amide bonds. The molecule has 46 heavy (non-hydrogen) atoms.